The molecule has 0 amide bonds. The quantitative estimate of drug-likeness (QED) is 0.597. The number of rotatable bonds is 6. The first-order valence-electron chi connectivity index (χ1n) is 6.87. The third-order valence-corrected chi connectivity index (χ3v) is 3.94. The van der Waals surface area contributed by atoms with Gasteiger partial charge in [-0.15, -0.1) is 0 Å². The molecule has 1 aliphatic heterocycles. The number of likely N-dealkylation sites (N-methyl/N-ethyl adjacent to an activating group) is 1. The van der Waals surface area contributed by atoms with E-state index in [0.29, 0.717) is 11.6 Å². The van der Waals surface area contributed by atoms with Crippen molar-refractivity contribution in [1.29, 1.82) is 0 Å². The molecule has 1 fully saturated rings. The van der Waals surface area contributed by atoms with Gasteiger partial charge in [0.15, 0.2) is 0 Å². The number of benzene rings is 1. The Labute approximate surface area is 123 Å². The molecule has 0 N–H and O–H groups in total. The van der Waals surface area contributed by atoms with E-state index in [0.717, 1.165) is 38.1 Å². The molecule has 1 aliphatic rings. The molecule has 2 rings (SSSR count). The van der Waals surface area contributed by atoms with E-state index in [1.165, 1.54) is 6.07 Å². The largest absolute Gasteiger partial charge is 0.377 e. The van der Waals surface area contributed by atoms with Crippen molar-refractivity contribution >= 4 is 17.3 Å². The fourth-order valence-corrected chi connectivity index (χ4v) is 2.60. The molecule has 1 aromatic carbocycles. The van der Waals surface area contributed by atoms with Gasteiger partial charge in [0.05, 0.1) is 11.0 Å². The van der Waals surface area contributed by atoms with Crippen LogP contribution in [0.4, 0.5) is 5.69 Å². The maximum atomic E-state index is 10.8. The zero-order chi connectivity index (χ0) is 14.5. The van der Waals surface area contributed by atoms with Gasteiger partial charge in [-0.05, 0) is 31.0 Å². The van der Waals surface area contributed by atoms with E-state index in [-0.39, 0.29) is 11.8 Å². The highest BCUT2D eigenvalue weighted by Crippen LogP contribution is 2.24. The molecule has 110 valence electrons. The number of nitro groups is 1. The van der Waals surface area contributed by atoms with Crippen LogP contribution in [-0.2, 0) is 11.3 Å². The van der Waals surface area contributed by atoms with Gasteiger partial charge in [-0.2, -0.15) is 0 Å². The smallest absolute Gasteiger partial charge is 0.269 e. The van der Waals surface area contributed by atoms with Crippen LogP contribution in [0.3, 0.4) is 0 Å². The highest BCUT2D eigenvalue weighted by Gasteiger charge is 2.19. The van der Waals surface area contributed by atoms with Crippen LogP contribution in [0.1, 0.15) is 25.3 Å². The SMILES string of the molecule is CCN(Cc1cc([N+](=O)[O-])ccc1Cl)CC1CCCO1. The fraction of sp³-hybridized carbons (Fsp3) is 0.571. The zero-order valence-electron chi connectivity index (χ0n) is 11.5. The van der Waals surface area contributed by atoms with Gasteiger partial charge >= 0.3 is 0 Å². The predicted octanol–water partition coefficient (Wildman–Crippen LogP) is 3.25. The monoisotopic (exact) mass is 298 g/mol. The van der Waals surface area contributed by atoms with Gasteiger partial charge in [0.25, 0.3) is 5.69 Å². The summed E-state index contributed by atoms with van der Waals surface area (Å²) in [6.45, 7) is 5.21. The summed E-state index contributed by atoms with van der Waals surface area (Å²) >= 11 is 6.14. The molecule has 0 aliphatic carbocycles. The van der Waals surface area contributed by atoms with Crippen molar-refractivity contribution in [2.45, 2.75) is 32.4 Å². The first kappa shape index (κ1) is 15.2. The van der Waals surface area contributed by atoms with Crippen molar-refractivity contribution in [1.82, 2.24) is 4.90 Å². The van der Waals surface area contributed by atoms with Crippen molar-refractivity contribution in [2.75, 3.05) is 19.7 Å². The van der Waals surface area contributed by atoms with Crippen molar-refractivity contribution in [3.8, 4) is 0 Å². The highest BCUT2D eigenvalue weighted by atomic mass is 35.5. The first-order valence-corrected chi connectivity index (χ1v) is 7.24. The number of halogens is 1. The standard InChI is InChI=1S/C14H19ClN2O3/c1-2-16(10-13-4-3-7-20-13)9-11-8-12(17(18)19)5-6-14(11)15/h5-6,8,13H,2-4,7,9-10H2,1H3. The van der Waals surface area contributed by atoms with Crippen LogP contribution in [0.5, 0.6) is 0 Å². The van der Waals surface area contributed by atoms with Crippen LogP contribution >= 0.6 is 11.6 Å². The van der Waals surface area contributed by atoms with Gasteiger partial charge in [0.2, 0.25) is 0 Å². The van der Waals surface area contributed by atoms with Gasteiger partial charge in [-0.3, -0.25) is 15.0 Å². The van der Waals surface area contributed by atoms with Crippen molar-refractivity contribution < 1.29 is 9.66 Å². The number of nitrogens with zero attached hydrogens (tertiary/aromatic N) is 2. The summed E-state index contributed by atoms with van der Waals surface area (Å²) in [5.74, 6) is 0. The fourth-order valence-electron chi connectivity index (χ4n) is 2.42. The highest BCUT2D eigenvalue weighted by molar-refractivity contribution is 6.31. The minimum absolute atomic E-state index is 0.0811. The van der Waals surface area contributed by atoms with Crippen LogP contribution in [0.2, 0.25) is 5.02 Å². The summed E-state index contributed by atoms with van der Waals surface area (Å²) in [4.78, 5) is 12.6. The Bertz CT molecular complexity index is 475. The van der Waals surface area contributed by atoms with Crippen LogP contribution in [0.25, 0.3) is 0 Å². The lowest BCUT2D eigenvalue weighted by atomic mass is 10.1. The van der Waals surface area contributed by atoms with E-state index in [4.69, 9.17) is 16.3 Å². The molecular weight excluding hydrogens is 280 g/mol. The normalized spacial score (nSPS) is 18.6. The maximum absolute atomic E-state index is 10.8. The van der Waals surface area contributed by atoms with E-state index in [1.54, 1.807) is 12.1 Å². The zero-order valence-corrected chi connectivity index (χ0v) is 12.3. The summed E-state index contributed by atoms with van der Waals surface area (Å²) in [5, 5.41) is 11.4. The Morgan fingerprint density at radius 3 is 2.95 bits per heavy atom. The topological polar surface area (TPSA) is 55.6 Å². The molecule has 5 nitrogen and oxygen atoms in total. The minimum atomic E-state index is -0.393. The number of hydrogen-bond donors (Lipinski definition) is 0. The Morgan fingerprint density at radius 1 is 1.55 bits per heavy atom. The van der Waals surface area contributed by atoms with Crippen LogP contribution in [0.15, 0.2) is 18.2 Å². The van der Waals surface area contributed by atoms with Gasteiger partial charge in [0.1, 0.15) is 0 Å². The van der Waals surface area contributed by atoms with Crippen molar-refractivity contribution in [3.05, 3.63) is 38.9 Å². The molecule has 0 aromatic heterocycles. The number of non-ortho nitro benzene ring substituents is 1. The van der Waals surface area contributed by atoms with Gasteiger partial charge in [0, 0.05) is 36.9 Å². The summed E-state index contributed by atoms with van der Waals surface area (Å²) in [6, 6.07) is 4.58. The third-order valence-electron chi connectivity index (χ3n) is 3.57. The molecule has 0 bridgehead atoms. The first-order chi connectivity index (χ1) is 9.60. The van der Waals surface area contributed by atoms with Gasteiger partial charge < -0.3 is 4.74 Å². The maximum Gasteiger partial charge on any atom is 0.269 e. The van der Waals surface area contributed by atoms with E-state index >= 15 is 0 Å². The number of ether oxygens (including phenoxy) is 1. The molecule has 0 saturated carbocycles. The van der Waals surface area contributed by atoms with Crippen LogP contribution < -0.4 is 0 Å². The Morgan fingerprint density at radius 2 is 2.35 bits per heavy atom. The molecule has 6 heteroatoms. The summed E-state index contributed by atoms with van der Waals surface area (Å²) < 4.78 is 5.63. The molecule has 20 heavy (non-hydrogen) atoms. The minimum Gasteiger partial charge on any atom is -0.377 e. The van der Waals surface area contributed by atoms with E-state index < -0.39 is 4.92 Å². The molecular formula is C14H19ClN2O3. The molecule has 1 saturated heterocycles. The summed E-state index contributed by atoms with van der Waals surface area (Å²) in [6.07, 6.45) is 2.46. The van der Waals surface area contributed by atoms with E-state index in [1.807, 2.05) is 0 Å². The van der Waals surface area contributed by atoms with Gasteiger partial charge in [-0.25, -0.2) is 0 Å². The lowest BCUT2D eigenvalue weighted by molar-refractivity contribution is -0.384. The molecule has 0 radical (unpaired) electrons. The average molecular weight is 299 g/mol. The van der Waals surface area contributed by atoms with E-state index in [9.17, 15) is 10.1 Å². The molecule has 1 aromatic rings. The molecule has 1 heterocycles. The number of nitro benzene ring substituents is 1. The second-order valence-corrected chi connectivity index (χ2v) is 5.40. The summed E-state index contributed by atoms with van der Waals surface area (Å²) in [5.41, 5.74) is 0.873. The third kappa shape index (κ3) is 3.91. The molecule has 1 unspecified atom stereocenters. The van der Waals surface area contributed by atoms with Crippen molar-refractivity contribution in [3.63, 3.8) is 0 Å². The average Bonchev–Trinajstić information content (AvgIpc) is 2.92. The van der Waals surface area contributed by atoms with Crippen LogP contribution in [0, 0.1) is 10.1 Å². The number of hydrogen-bond acceptors (Lipinski definition) is 4. The molecule has 1 atom stereocenters. The lowest BCUT2D eigenvalue weighted by Gasteiger charge is -2.24. The second kappa shape index (κ2) is 7.02. The summed E-state index contributed by atoms with van der Waals surface area (Å²) in [7, 11) is 0. The molecule has 0 spiro atoms. The lowest BCUT2D eigenvalue weighted by Crippen LogP contribution is -2.31. The van der Waals surface area contributed by atoms with Crippen LogP contribution in [-0.4, -0.2) is 35.6 Å². The van der Waals surface area contributed by atoms with Crippen molar-refractivity contribution in [2.24, 2.45) is 0 Å². The Kier molecular flexibility index (Phi) is 5.34. The van der Waals surface area contributed by atoms with Gasteiger partial charge in [-0.1, -0.05) is 18.5 Å². The Hall–Kier alpha value is -1.17. The Balaban J connectivity index is 2.05. The second-order valence-electron chi connectivity index (χ2n) is 5.00. The predicted molar refractivity (Wildman–Crippen MR) is 78.0 cm³/mol. The van der Waals surface area contributed by atoms with E-state index in [2.05, 4.69) is 11.8 Å².